The van der Waals surface area contributed by atoms with Crippen LogP contribution in [0.3, 0.4) is 0 Å². The highest BCUT2D eigenvalue weighted by Gasteiger charge is 1.96. The van der Waals surface area contributed by atoms with E-state index in [1.807, 2.05) is 0 Å². The molecular formula is C9H12BrNO. The Morgan fingerprint density at radius 3 is 2.75 bits per heavy atom. The fraction of sp³-hybridized carbons (Fsp3) is 0.333. The van der Waals surface area contributed by atoms with Crippen LogP contribution in [0.1, 0.15) is 11.1 Å². The molecule has 0 amide bonds. The van der Waals surface area contributed by atoms with Crippen LogP contribution in [0.5, 0.6) is 0 Å². The molecule has 0 spiro atoms. The van der Waals surface area contributed by atoms with E-state index in [0.717, 1.165) is 10.9 Å². The number of benzene rings is 1. The molecule has 0 fully saturated rings. The van der Waals surface area contributed by atoms with Gasteiger partial charge in [-0.15, -0.1) is 0 Å². The molecule has 1 rings (SSSR count). The summed E-state index contributed by atoms with van der Waals surface area (Å²) in [6.07, 6.45) is 0.858. The van der Waals surface area contributed by atoms with Crippen molar-refractivity contribution >= 4 is 15.9 Å². The van der Waals surface area contributed by atoms with E-state index < -0.39 is 0 Å². The van der Waals surface area contributed by atoms with Crippen LogP contribution in [-0.2, 0) is 11.3 Å². The Balaban J connectivity index is 2.72. The maximum absolute atomic E-state index is 4.94. The van der Waals surface area contributed by atoms with Crippen molar-refractivity contribution in [1.82, 2.24) is 0 Å². The molecule has 0 heterocycles. The Bertz CT molecular complexity index is 242. The van der Waals surface area contributed by atoms with Crippen molar-refractivity contribution < 1.29 is 4.84 Å². The van der Waals surface area contributed by atoms with Crippen LogP contribution in [-0.4, -0.2) is 6.61 Å². The van der Waals surface area contributed by atoms with Gasteiger partial charge in [0.25, 0.3) is 0 Å². The van der Waals surface area contributed by atoms with Crippen molar-refractivity contribution in [3.8, 4) is 0 Å². The molecule has 0 aliphatic rings. The molecule has 0 radical (unpaired) electrons. The molecule has 0 aliphatic carbocycles. The van der Waals surface area contributed by atoms with Gasteiger partial charge >= 0.3 is 0 Å². The molecule has 12 heavy (non-hydrogen) atoms. The van der Waals surface area contributed by atoms with E-state index in [1.54, 1.807) is 0 Å². The fourth-order valence-electron chi connectivity index (χ4n) is 1.13. The Kier molecular flexibility index (Phi) is 3.72. The minimum absolute atomic E-state index is 0.565. The van der Waals surface area contributed by atoms with E-state index in [-0.39, 0.29) is 0 Å². The lowest BCUT2D eigenvalue weighted by molar-refractivity contribution is 0.141. The summed E-state index contributed by atoms with van der Waals surface area (Å²) in [7, 11) is 0. The maximum Gasteiger partial charge on any atom is 0.0719 e. The normalized spacial score (nSPS) is 10.2. The number of nitrogens with two attached hydrogens (primary N) is 1. The monoisotopic (exact) mass is 229 g/mol. The zero-order valence-corrected chi connectivity index (χ0v) is 8.60. The second-order valence-electron chi connectivity index (χ2n) is 2.76. The van der Waals surface area contributed by atoms with Crippen molar-refractivity contribution in [2.75, 3.05) is 6.61 Å². The predicted octanol–water partition coefficient (Wildman–Crippen LogP) is 2.19. The second kappa shape index (κ2) is 4.60. The zero-order valence-electron chi connectivity index (χ0n) is 7.01. The molecule has 1 aromatic carbocycles. The first kappa shape index (κ1) is 9.71. The molecule has 0 aromatic heterocycles. The zero-order chi connectivity index (χ0) is 8.97. The van der Waals surface area contributed by atoms with Gasteiger partial charge in [-0.25, -0.2) is 5.90 Å². The first-order chi connectivity index (χ1) is 5.72. The number of aryl methyl sites for hydroxylation is 1. The van der Waals surface area contributed by atoms with Crippen molar-refractivity contribution in [1.29, 1.82) is 0 Å². The summed E-state index contributed by atoms with van der Waals surface area (Å²) in [5, 5.41) is 0. The quantitative estimate of drug-likeness (QED) is 0.808. The number of halogens is 1. The van der Waals surface area contributed by atoms with Crippen LogP contribution >= 0.6 is 15.9 Å². The van der Waals surface area contributed by atoms with Gasteiger partial charge in [-0.05, 0) is 36.6 Å². The molecule has 0 saturated heterocycles. The largest absolute Gasteiger partial charge is 0.304 e. The van der Waals surface area contributed by atoms with Crippen LogP contribution in [0.15, 0.2) is 22.7 Å². The van der Waals surface area contributed by atoms with Gasteiger partial charge in [0.1, 0.15) is 0 Å². The number of hydrogen-bond donors (Lipinski definition) is 1. The Labute approximate surface area is 80.8 Å². The summed E-state index contributed by atoms with van der Waals surface area (Å²) >= 11 is 3.43. The van der Waals surface area contributed by atoms with Crippen molar-refractivity contribution in [3.63, 3.8) is 0 Å². The van der Waals surface area contributed by atoms with Crippen molar-refractivity contribution in [3.05, 3.63) is 33.8 Å². The highest BCUT2D eigenvalue weighted by molar-refractivity contribution is 9.10. The topological polar surface area (TPSA) is 35.2 Å². The molecule has 0 unspecified atom stereocenters. The van der Waals surface area contributed by atoms with E-state index in [4.69, 9.17) is 5.90 Å². The average molecular weight is 230 g/mol. The Morgan fingerprint density at radius 2 is 2.17 bits per heavy atom. The molecule has 66 valence electrons. The lowest BCUT2D eigenvalue weighted by Gasteiger charge is -2.02. The highest BCUT2D eigenvalue weighted by Crippen LogP contribution is 2.15. The summed E-state index contributed by atoms with van der Waals surface area (Å²) in [6, 6.07) is 6.28. The highest BCUT2D eigenvalue weighted by atomic mass is 79.9. The predicted molar refractivity (Wildman–Crippen MR) is 52.7 cm³/mol. The summed E-state index contributed by atoms with van der Waals surface area (Å²) < 4.78 is 1.11. The van der Waals surface area contributed by atoms with Crippen molar-refractivity contribution in [2.24, 2.45) is 5.90 Å². The molecular weight excluding hydrogens is 218 g/mol. The smallest absolute Gasteiger partial charge is 0.0719 e. The molecule has 0 bridgehead atoms. The summed E-state index contributed by atoms with van der Waals surface area (Å²) in [6.45, 7) is 2.63. The van der Waals surface area contributed by atoms with Gasteiger partial charge < -0.3 is 4.84 Å². The summed E-state index contributed by atoms with van der Waals surface area (Å²) in [5.74, 6) is 4.94. The standard InChI is InChI=1S/C9H12BrNO/c1-7-4-8(2-3-12-11)6-9(10)5-7/h4-6H,2-3,11H2,1H3. The number of rotatable bonds is 3. The molecule has 3 heteroatoms. The van der Waals surface area contributed by atoms with Crippen molar-refractivity contribution in [2.45, 2.75) is 13.3 Å². The minimum atomic E-state index is 0.565. The van der Waals surface area contributed by atoms with E-state index in [2.05, 4.69) is 45.9 Å². The summed E-state index contributed by atoms with van der Waals surface area (Å²) in [5.41, 5.74) is 2.49. The van der Waals surface area contributed by atoms with Gasteiger partial charge in [0, 0.05) is 4.47 Å². The van der Waals surface area contributed by atoms with E-state index >= 15 is 0 Å². The van der Waals surface area contributed by atoms with Crippen LogP contribution in [0.4, 0.5) is 0 Å². The Morgan fingerprint density at radius 1 is 1.42 bits per heavy atom. The van der Waals surface area contributed by atoms with E-state index in [0.29, 0.717) is 6.61 Å². The van der Waals surface area contributed by atoms with Gasteiger partial charge in [-0.2, -0.15) is 0 Å². The lowest BCUT2D eigenvalue weighted by Crippen LogP contribution is -2.03. The van der Waals surface area contributed by atoms with Crippen LogP contribution in [0, 0.1) is 6.92 Å². The fourth-order valence-corrected chi connectivity index (χ4v) is 1.79. The third kappa shape index (κ3) is 2.93. The van der Waals surface area contributed by atoms with Gasteiger partial charge in [-0.1, -0.05) is 22.0 Å². The molecule has 0 aliphatic heterocycles. The lowest BCUT2D eigenvalue weighted by atomic mass is 10.1. The second-order valence-corrected chi connectivity index (χ2v) is 3.67. The minimum Gasteiger partial charge on any atom is -0.304 e. The molecule has 2 N–H and O–H groups in total. The Hall–Kier alpha value is -0.380. The third-order valence-corrected chi connectivity index (χ3v) is 2.07. The van der Waals surface area contributed by atoms with Crippen LogP contribution in [0.2, 0.25) is 0 Å². The van der Waals surface area contributed by atoms with Crippen LogP contribution < -0.4 is 5.90 Å². The molecule has 0 saturated carbocycles. The van der Waals surface area contributed by atoms with Gasteiger partial charge in [0.2, 0.25) is 0 Å². The molecule has 2 nitrogen and oxygen atoms in total. The first-order valence-corrected chi connectivity index (χ1v) is 4.59. The third-order valence-electron chi connectivity index (χ3n) is 1.61. The van der Waals surface area contributed by atoms with Gasteiger partial charge in [0.15, 0.2) is 0 Å². The van der Waals surface area contributed by atoms with Gasteiger partial charge in [0.05, 0.1) is 6.61 Å². The number of hydrogen-bond acceptors (Lipinski definition) is 2. The van der Waals surface area contributed by atoms with Gasteiger partial charge in [-0.3, -0.25) is 0 Å². The van der Waals surface area contributed by atoms with E-state index in [9.17, 15) is 0 Å². The maximum atomic E-state index is 4.94. The molecule has 0 atom stereocenters. The first-order valence-electron chi connectivity index (χ1n) is 3.80. The SMILES string of the molecule is Cc1cc(Br)cc(CCON)c1. The molecule has 1 aromatic rings. The van der Waals surface area contributed by atoms with Crippen LogP contribution in [0.25, 0.3) is 0 Å². The summed E-state index contributed by atoms with van der Waals surface area (Å²) in [4.78, 5) is 4.51. The average Bonchev–Trinajstić information content (AvgIpc) is 1.99. The van der Waals surface area contributed by atoms with E-state index in [1.165, 1.54) is 11.1 Å².